The van der Waals surface area contributed by atoms with Crippen molar-refractivity contribution in [3.8, 4) is 67.5 Å². The average molecular weight is 721 g/mol. The Bertz CT molecular complexity index is 3360. The zero-order valence-corrected chi connectivity index (χ0v) is 29.7. The van der Waals surface area contributed by atoms with Gasteiger partial charge in [0.2, 0.25) is 0 Å². The molecule has 0 radical (unpaired) electrons. The molecule has 0 aliphatic rings. The summed E-state index contributed by atoms with van der Waals surface area (Å²) in [5.74, 6) is 0.0411. The highest BCUT2D eigenvalue weighted by Gasteiger charge is 2.25. The van der Waals surface area contributed by atoms with Crippen molar-refractivity contribution >= 4 is 11.0 Å². The fourth-order valence-corrected chi connectivity index (χ4v) is 6.54. The first-order chi connectivity index (χ1) is 33.0. The summed E-state index contributed by atoms with van der Waals surface area (Å²) in [6.45, 7) is -4.73. The number of nitrogens with zero attached hydrogens (tertiary/aromatic N) is 3. The fourth-order valence-electron chi connectivity index (χ4n) is 6.54. The van der Waals surface area contributed by atoms with E-state index in [9.17, 15) is 6.48 Å². The molecule has 0 aliphatic carbocycles. The molecule has 0 fully saturated rings. The lowest BCUT2D eigenvalue weighted by Gasteiger charge is -2.23. The van der Waals surface area contributed by atoms with E-state index in [0.717, 1.165) is 5.56 Å². The summed E-state index contributed by atoms with van der Waals surface area (Å²) in [5.41, 5.74) is -0.994. The van der Waals surface area contributed by atoms with Gasteiger partial charge in [-0.1, -0.05) is 138 Å². The van der Waals surface area contributed by atoms with Crippen LogP contribution in [0.5, 0.6) is 5.75 Å². The Morgan fingerprint density at radius 3 is 2.11 bits per heavy atom. The number of aromatic hydroxyl groups is 1. The van der Waals surface area contributed by atoms with Crippen LogP contribution in [-0.2, 0) is 10.8 Å². The van der Waals surface area contributed by atoms with E-state index in [1.165, 1.54) is 24.3 Å². The first kappa shape index (κ1) is 20.3. The smallest absolute Gasteiger partial charge is 0.149 e. The molecule has 0 atom stereocenters. The van der Waals surface area contributed by atoms with Crippen LogP contribution in [0.4, 0.5) is 0 Å². The van der Waals surface area contributed by atoms with Crippen molar-refractivity contribution in [1.82, 2.24) is 14.5 Å². The van der Waals surface area contributed by atoms with Gasteiger partial charge in [0.25, 0.3) is 0 Å². The van der Waals surface area contributed by atoms with Gasteiger partial charge in [-0.05, 0) is 98.8 Å². The molecule has 0 amide bonds. The standard InChI is InChI=1S/C50H45N3O/c1-49(2,3)38-24-25-44(42(32-38)34-18-11-8-12-19-34)53-45-22-15-21-40(47(45)52-48(53)41-20-13-14-23-46(41)54)36-28-37(30-39(29-36)50(4,5)6)43-31-35(26-27-51-43)33-16-9-7-10-17-33/h7-32,54H,1-6H3/i1D3,2D3,3D3,7D,9D,10D,16D,17D,26D,27D,31D. The molecule has 0 spiro atoms. The Morgan fingerprint density at radius 1 is 0.611 bits per heavy atom. The van der Waals surface area contributed by atoms with E-state index in [1.807, 2.05) is 26.8 Å². The van der Waals surface area contributed by atoms with E-state index in [0.29, 0.717) is 39.0 Å². The van der Waals surface area contributed by atoms with Crippen LogP contribution in [0.15, 0.2) is 158 Å². The minimum absolute atomic E-state index is 0.0948. The van der Waals surface area contributed by atoms with Gasteiger partial charge in [-0.15, -0.1) is 0 Å². The minimum atomic E-state index is -3.54. The third kappa shape index (κ3) is 6.60. The van der Waals surface area contributed by atoms with Crippen LogP contribution in [0, 0.1) is 0 Å². The zero-order valence-electron chi connectivity index (χ0n) is 46.7. The maximum absolute atomic E-state index is 11.4. The molecule has 4 nitrogen and oxygen atoms in total. The number of phenols is 1. The van der Waals surface area contributed by atoms with Crippen molar-refractivity contribution < 1.29 is 28.4 Å². The Labute approximate surface area is 342 Å². The van der Waals surface area contributed by atoms with E-state index >= 15 is 0 Å². The molecule has 0 saturated carbocycles. The van der Waals surface area contributed by atoms with E-state index in [2.05, 4.69) is 4.98 Å². The Kier molecular flexibility index (Phi) is 5.11. The number of benzene rings is 6. The summed E-state index contributed by atoms with van der Waals surface area (Å²) in [7, 11) is 0. The van der Waals surface area contributed by atoms with E-state index in [-0.39, 0.29) is 34.0 Å². The largest absolute Gasteiger partial charge is 0.507 e. The number of fused-ring (bicyclic) bond motifs is 1. The predicted molar refractivity (Wildman–Crippen MR) is 225 cm³/mol. The summed E-state index contributed by atoms with van der Waals surface area (Å²) >= 11 is 0. The second-order valence-electron chi connectivity index (χ2n) is 14.1. The quantitative estimate of drug-likeness (QED) is 0.186. The fraction of sp³-hybridized carbons (Fsp3) is 0.160. The number of hydrogen-bond donors (Lipinski definition) is 1. The first-order valence-electron chi connectivity index (χ1n) is 25.7. The number of hydrogen-bond acceptors (Lipinski definition) is 3. The maximum Gasteiger partial charge on any atom is 0.149 e. The van der Waals surface area contributed by atoms with Crippen molar-refractivity contribution in [2.45, 2.75) is 52.2 Å². The van der Waals surface area contributed by atoms with Crippen LogP contribution in [0.25, 0.3) is 72.7 Å². The molecule has 2 heterocycles. The monoisotopic (exact) mass is 720 g/mol. The Balaban J connectivity index is 1.46. The molecule has 0 unspecified atom stereocenters. The highest BCUT2D eigenvalue weighted by molar-refractivity contribution is 5.97. The Morgan fingerprint density at radius 2 is 1.35 bits per heavy atom. The number of aromatic nitrogens is 3. The van der Waals surface area contributed by atoms with Crippen LogP contribution < -0.4 is 0 Å². The lowest BCUT2D eigenvalue weighted by molar-refractivity contribution is 0.477. The van der Waals surface area contributed by atoms with Crippen molar-refractivity contribution in [3.05, 3.63) is 169 Å². The first-order valence-corrected chi connectivity index (χ1v) is 17.2. The zero-order chi connectivity index (χ0) is 52.1. The van der Waals surface area contributed by atoms with Gasteiger partial charge < -0.3 is 5.11 Å². The molecule has 266 valence electrons. The third-order valence-electron chi connectivity index (χ3n) is 9.31. The molecule has 0 aliphatic heterocycles. The summed E-state index contributed by atoms with van der Waals surface area (Å²) in [4.78, 5) is 9.56. The second-order valence-corrected chi connectivity index (χ2v) is 14.1. The van der Waals surface area contributed by atoms with Crippen molar-refractivity contribution in [1.29, 1.82) is 0 Å². The second kappa shape index (κ2) is 13.6. The van der Waals surface area contributed by atoms with Crippen molar-refractivity contribution in [2.24, 2.45) is 0 Å². The lowest BCUT2D eigenvalue weighted by atomic mass is 9.83. The van der Waals surface area contributed by atoms with Gasteiger partial charge in [-0.2, -0.15) is 0 Å². The number of para-hydroxylation sites is 2. The summed E-state index contributed by atoms with van der Waals surface area (Å²) in [6, 6.07) is 25.4. The average Bonchev–Trinajstić information content (AvgIpc) is 3.68. The summed E-state index contributed by atoms with van der Waals surface area (Å²) < 4.78 is 147. The van der Waals surface area contributed by atoms with Crippen molar-refractivity contribution in [2.75, 3.05) is 0 Å². The topological polar surface area (TPSA) is 50.9 Å². The highest BCUT2D eigenvalue weighted by Crippen LogP contribution is 2.42. The van der Waals surface area contributed by atoms with Gasteiger partial charge in [0.05, 0.1) is 38.9 Å². The molecule has 8 rings (SSSR count). The van der Waals surface area contributed by atoms with Gasteiger partial charge in [-0.25, -0.2) is 4.98 Å². The SMILES string of the molecule is [2H]c1nc(-c2cc(-c3cccc4c3nc(-c3ccccc3O)n4-c3ccc(C(C([2H])([2H])[2H])(C([2H])([2H])[2H])C([2H])([2H])[2H])cc3-c3ccccc3)cc(C(C)(C)C)c2)c([2H])c(-c2c([2H])c([2H])c([2H])c([2H])c2[2H])c1[2H]. The van der Waals surface area contributed by atoms with Gasteiger partial charge in [0, 0.05) is 35.2 Å². The molecule has 6 aromatic carbocycles. The molecular formula is C50H45N3O. The summed E-state index contributed by atoms with van der Waals surface area (Å²) in [5, 5.41) is 11.4. The van der Waals surface area contributed by atoms with E-state index in [4.69, 9.17) is 26.9 Å². The molecule has 2 aromatic heterocycles. The Hall–Kier alpha value is -6.26. The molecule has 0 bridgehead atoms. The van der Waals surface area contributed by atoms with Crippen LogP contribution in [0.3, 0.4) is 0 Å². The van der Waals surface area contributed by atoms with Crippen LogP contribution >= 0.6 is 0 Å². The van der Waals surface area contributed by atoms with Gasteiger partial charge in [0.15, 0.2) is 0 Å². The van der Waals surface area contributed by atoms with E-state index < -0.39 is 91.0 Å². The van der Waals surface area contributed by atoms with E-state index in [1.54, 1.807) is 83.4 Å². The number of phenolic OH excluding ortho intramolecular Hbond substituents is 1. The molecule has 8 aromatic rings. The summed E-state index contributed by atoms with van der Waals surface area (Å²) in [6.07, 6.45) is -0.595. The normalized spacial score (nSPS) is 17.2. The van der Waals surface area contributed by atoms with Crippen LogP contribution in [0.1, 0.15) is 75.8 Å². The lowest BCUT2D eigenvalue weighted by Crippen LogP contribution is -2.12. The van der Waals surface area contributed by atoms with Crippen LogP contribution in [-0.4, -0.2) is 19.6 Å². The third-order valence-corrected chi connectivity index (χ3v) is 9.31. The number of imidazole rings is 1. The number of pyridine rings is 1. The molecule has 1 N–H and O–H groups in total. The molecular weight excluding hydrogens is 659 g/mol. The van der Waals surface area contributed by atoms with Crippen molar-refractivity contribution in [3.63, 3.8) is 0 Å². The van der Waals surface area contributed by atoms with Crippen LogP contribution in [0.2, 0.25) is 0 Å². The van der Waals surface area contributed by atoms with Gasteiger partial charge in [0.1, 0.15) is 11.6 Å². The van der Waals surface area contributed by atoms with Gasteiger partial charge >= 0.3 is 0 Å². The molecule has 54 heavy (non-hydrogen) atoms. The molecule has 4 heteroatoms. The molecule has 0 saturated heterocycles. The minimum Gasteiger partial charge on any atom is -0.507 e. The maximum atomic E-state index is 11.4. The highest BCUT2D eigenvalue weighted by atomic mass is 16.3. The van der Waals surface area contributed by atoms with Gasteiger partial charge in [-0.3, -0.25) is 9.55 Å². The predicted octanol–water partition coefficient (Wildman–Crippen LogP) is 13.1. The number of rotatable bonds is 6.